The van der Waals surface area contributed by atoms with E-state index < -0.39 is 22.7 Å². The van der Waals surface area contributed by atoms with Crippen LogP contribution < -0.4 is 10.6 Å². The number of halogens is 4. The zero-order valence-corrected chi connectivity index (χ0v) is 15.0. The second kappa shape index (κ2) is 8.73. The van der Waals surface area contributed by atoms with E-state index in [1.165, 1.54) is 19.1 Å². The molecule has 0 aliphatic carbocycles. The molecule has 4 nitrogen and oxygen atoms in total. The molecule has 0 aromatic heterocycles. The zero-order valence-electron chi connectivity index (χ0n) is 14.2. The number of benzene rings is 2. The first kappa shape index (κ1) is 20.5. The van der Waals surface area contributed by atoms with Crippen molar-refractivity contribution >= 4 is 35.2 Å². The minimum atomic E-state index is -4.57. The molecule has 0 aliphatic heterocycles. The lowest BCUT2D eigenvalue weighted by molar-refractivity contribution is -0.137. The second-order valence-electron chi connectivity index (χ2n) is 5.67. The summed E-state index contributed by atoms with van der Waals surface area (Å²) < 4.78 is 38.5. The predicted octanol–water partition coefficient (Wildman–Crippen LogP) is 4.65. The van der Waals surface area contributed by atoms with Crippen LogP contribution in [0.25, 0.3) is 6.08 Å². The van der Waals surface area contributed by atoms with Crippen molar-refractivity contribution in [3.8, 4) is 0 Å². The average molecular weight is 397 g/mol. The molecule has 27 heavy (non-hydrogen) atoms. The number of hydrogen-bond acceptors (Lipinski definition) is 2. The van der Waals surface area contributed by atoms with Gasteiger partial charge in [0.15, 0.2) is 0 Å². The van der Waals surface area contributed by atoms with Gasteiger partial charge in [-0.25, -0.2) is 0 Å². The van der Waals surface area contributed by atoms with Gasteiger partial charge in [0.1, 0.15) is 0 Å². The number of anilines is 1. The summed E-state index contributed by atoms with van der Waals surface area (Å²) in [6.45, 7) is 1.59. The second-order valence-corrected chi connectivity index (χ2v) is 6.08. The van der Waals surface area contributed by atoms with E-state index in [0.29, 0.717) is 5.69 Å². The van der Waals surface area contributed by atoms with E-state index in [4.69, 9.17) is 11.6 Å². The number of amides is 2. The highest BCUT2D eigenvalue weighted by Gasteiger charge is 2.33. The largest absolute Gasteiger partial charge is 0.417 e. The normalized spacial score (nSPS) is 11.4. The van der Waals surface area contributed by atoms with Gasteiger partial charge in [-0.3, -0.25) is 9.59 Å². The predicted molar refractivity (Wildman–Crippen MR) is 98.1 cm³/mol. The van der Waals surface area contributed by atoms with Gasteiger partial charge in [0, 0.05) is 25.2 Å². The van der Waals surface area contributed by atoms with E-state index in [-0.39, 0.29) is 18.0 Å². The highest BCUT2D eigenvalue weighted by atomic mass is 35.5. The Morgan fingerprint density at radius 2 is 1.89 bits per heavy atom. The molecule has 0 fully saturated rings. The van der Waals surface area contributed by atoms with E-state index in [2.05, 4.69) is 10.6 Å². The van der Waals surface area contributed by atoms with Crippen molar-refractivity contribution < 1.29 is 22.8 Å². The number of rotatable bonds is 5. The third kappa shape index (κ3) is 6.45. The van der Waals surface area contributed by atoms with Crippen molar-refractivity contribution in [3.05, 3.63) is 70.3 Å². The summed E-state index contributed by atoms with van der Waals surface area (Å²) in [6, 6.07) is 10.3. The summed E-state index contributed by atoms with van der Waals surface area (Å²) in [7, 11) is 0. The summed E-state index contributed by atoms with van der Waals surface area (Å²) in [5.74, 6) is -0.677. The molecule has 0 bridgehead atoms. The fourth-order valence-electron chi connectivity index (χ4n) is 2.25. The van der Waals surface area contributed by atoms with Gasteiger partial charge in [-0.1, -0.05) is 29.8 Å². The molecule has 8 heteroatoms. The van der Waals surface area contributed by atoms with Crippen LogP contribution >= 0.6 is 11.6 Å². The van der Waals surface area contributed by atoms with Crippen molar-refractivity contribution in [1.82, 2.24) is 5.32 Å². The Balaban J connectivity index is 1.99. The zero-order chi connectivity index (χ0) is 20.0. The summed E-state index contributed by atoms with van der Waals surface area (Å²) in [5.41, 5.74) is 0.607. The summed E-state index contributed by atoms with van der Waals surface area (Å²) in [5, 5.41) is 4.85. The van der Waals surface area contributed by atoms with Gasteiger partial charge in [-0.15, -0.1) is 0 Å². The summed E-state index contributed by atoms with van der Waals surface area (Å²) in [4.78, 5) is 22.9. The molecule has 2 N–H and O–H groups in total. The maximum absolute atomic E-state index is 12.8. The molecule has 2 aromatic carbocycles. The lowest BCUT2D eigenvalue weighted by Crippen LogP contribution is -2.20. The van der Waals surface area contributed by atoms with Crippen molar-refractivity contribution in [2.45, 2.75) is 19.6 Å². The molecule has 0 saturated heterocycles. The molecule has 2 amide bonds. The van der Waals surface area contributed by atoms with Crippen molar-refractivity contribution in [2.75, 3.05) is 5.32 Å². The molecule has 0 heterocycles. The maximum atomic E-state index is 12.8. The smallest absolute Gasteiger partial charge is 0.348 e. The number of hydrogen-bond donors (Lipinski definition) is 2. The standard InChI is InChI=1S/C19H16ClF3N2O2/c1-12(26)25-15-4-2-3-14(9-15)11-24-18(27)8-6-13-5-7-17(20)16(10-13)19(21,22)23/h2-10H,11H2,1H3,(H,24,27)(H,25,26)/b8-6+. The molecule has 0 unspecified atom stereocenters. The Morgan fingerprint density at radius 3 is 2.56 bits per heavy atom. The maximum Gasteiger partial charge on any atom is 0.417 e. The fourth-order valence-corrected chi connectivity index (χ4v) is 2.47. The van der Waals surface area contributed by atoms with Crippen LogP contribution in [0, 0.1) is 0 Å². The Labute approximate surface area is 159 Å². The highest BCUT2D eigenvalue weighted by Crippen LogP contribution is 2.35. The Bertz CT molecular complexity index is 879. The highest BCUT2D eigenvalue weighted by molar-refractivity contribution is 6.31. The third-order valence-corrected chi connectivity index (χ3v) is 3.77. The minimum Gasteiger partial charge on any atom is -0.348 e. The fraction of sp³-hybridized carbons (Fsp3) is 0.158. The van der Waals surface area contributed by atoms with Crippen molar-refractivity contribution in [2.24, 2.45) is 0 Å². The SMILES string of the molecule is CC(=O)Nc1cccc(CNC(=O)/C=C/c2ccc(Cl)c(C(F)(F)F)c2)c1. The van der Waals surface area contributed by atoms with Crippen molar-refractivity contribution in [3.63, 3.8) is 0 Å². The Kier molecular flexibility index (Phi) is 6.63. The lowest BCUT2D eigenvalue weighted by atomic mass is 10.1. The Hall–Kier alpha value is -2.80. The number of carbonyl (C=O) groups is 2. The lowest BCUT2D eigenvalue weighted by Gasteiger charge is -2.09. The van der Waals surface area contributed by atoms with E-state index >= 15 is 0 Å². The summed E-state index contributed by atoms with van der Waals surface area (Å²) >= 11 is 5.56. The quantitative estimate of drug-likeness (QED) is 0.723. The van der Waals surface area contributed by atoms with Gasteiger partial charge in [0.25, 0.3) is 0 Å². The van der Waals surface area contributed by atoms with Crippen LogP contribution in [0.3, 0.4) is 0 Å². The summed E-state index contributed by atoms with van der Waals surface area (Å²) in [6.07, 6.45) is -2.15. The van der Waals surface area contributed by atoms with Gasteiger partial charge in [0.05, 0.1) is 10.6 Å². The molecular weight excluding hydrogens is 381 g/mol. The minimum absolute atomic E-state index is 0.199. The molecular formula is C19H16ClF3N2O2. The molecule has 0 spiro atoms. The van der Waals surface area contributed by atoms with Gasteiger partial charge >= 0.3 is 6.18 Å². The molecule has 142 valence electrons. The molecule has 0 saturated carbocycles. The van der Waals surface area contributed by atoms with Crippen LogP contribution in [0.4, 0.5) is 18.9 Å². The van der Waals surface area contributed by atoms with E-state index in [1.807, 2.05) is 0 Å². The van der Waals surface area contributed by atoms with Crippen LogP contribution in [-0.2, 0) is 22.3 Å². The molecule has 0 aliphatic rings. The monoisotopic (exact) mass is 396 g/mol. The molecule has 2 rings (SSSR count). The number of alkyl halides is 3. The van der Waals surface area contributed by atoms with Gasteiger partial charge < -0.3 is 10.6 Å². The first-order valence-electron chi connectivity index (χ1n) is 7.84. The van der Waals surface area contributed by atoms with Gasteiger partial charge in [-0.2, -0.15) is 13.2 Å². The van der Waals surface area contributed by atoms with Crippen LogP contribution in [0.15, 0.2) is 48.5 Å². The van der Waals surface area contributed by atoms with Crippen LogP contribution in [0.2, 0.25) is 5.02 Å². The first-order valence-corrected chi connectivity index (χ1v) is 8.22. The van der Waals surface area contributed by atoms with E-state index in [1.54, 1.807) is 24.3 Å². The topological polar surface area (TPSA) is 58.2 Å². The molecule has 2 aromatic rings. The number of nitrogens with one attached hydrogen (secondary N) is 2. The van der Waals surface area contributed by atoms with Gasteiger partial charge in [0.2, 0.25) is 11.8 Å². The average Bonchev–Trinajstić information content (AvgIpc) is 2.58. The van der Waals surface area contributed by atoms with Gasteiger partial charge in [-0.05, 0) is 41.5 Å². The van der Waals surface area contributed by atoms with E-state index in [0.717, 1.165) is 23.8 Å². The third-order valence-electron chi connectivity index (χ3n) is 3.44. The molecule has 0 radical (unpaired) electrons. The van der Waals surface area contributed by atoms with Crippen molar-refractivity contribution in [1.29, 1.82) is 0 Å². The number of carbonyl (C=O) groups excluding carboxylic acids is 2. The first-order chi connectivity index (χ1) is 12.6. The van der Waals surface area contributed by atoms with Crippen LogP contribution in [0.1, 0.15) is 23.6 Å². The molecule has 0 atom stereocenters. The Morgan fingerprint density at radius 1 is 1.15 bits per heavy atom. The van der Waals surface area contributed by atoms with E-state index in [9.17, 15) is 22.8 Å². The van der Waals surface area contributed by atoms with Crippen LogP contribution in [-0.4, -0.2) is 11.8 Å². The van der Waals surface area contributed by atoms with Crippen LogP contribution in [0.5, 0.6) is 0 Å².